The van der Waals surface area contributed by atoms with Crippen LogP contribution in [0.4, 0.5) is 5.13 Å². The molecule has 6 nitrogen and oxygen atoms in total. The summed E-state index contributed by atoms with van der Waals surface area (Å²) in [5.74, 6) is 0.855. The molecule has 0 aliphatic heterocycles. The second-order valence-corrected chi connectivity index (χ2v) is 9.03. The van der Waals surface area contributed by atoms with Crippen LogP contribution in [0.1, 0.15) is 5.76 Å². The smallest absolute Gasteiger partial charge is 0.206 e. The zero-order valence-electron chi connectivity index (χ0n) is 14.4. The molecule has 0 amide bonds. The number of anilines is 1. The number of furan rings is 1. The van der Waals surface area contributed by atoms with Crippen molar-refractivity contribution in [2.24, 2.45) is 0 Å². The number of nitrogens with zero attached hydrogens (tertiary/aromatic N) is 4. The van der Waals surface area contributed by atoms with Crippen molar-refractivity contribution >= 4 is 49.8 Å². The average Bonchev–Trinajstić information content (AvgIpc) is 3.48. The molecule has 0 atom stereocenters. The summed E-state index contributed by atoms with van der Waals surface area (Å²) in [7, 11) is 0. The van der Waals surface area contributed by atoms with Crippen LogP contribution >= 0.6 is 34.4 Å². The standard InChI is InChI=1S/C19H13N5OS3/c1-2-5-12(6-3-1)15-9-14-16(26-15)21-11-22-17(14)27-19-24-23-18(28-19)20-10-13-7-4-8-25-13/h1-9,11H,10H2,(H,20,23). The lowest BCUT2D eigenvalue weighted by Gasteiger charge is -1.98. The first-order valence-electron chi connectivity index (χ1n) is 8.43. The van der Waals surface area contributed by atoms with Crippen molar-refractivity contribution in [1.82, 2.24) is 20.2 Å². The van der Waals surface area contributed by atoms with Crippen LogP contribution < -0.4 is 5.32 Å². The predicted octanol–water partition coefficient (Wildman–Crippen LogP) is 5.57. The molecule has 0 radical (unpaired) electrons. The number of rotatable bonds is 6. The Balaban J connectivity index is 1.37. The number of fused-ring (bicyclic) bond motifs is 1. The van der Waals surface area contributed by atoms with Gasteiger partial charge in [0.2, 0.25) is 5.13 Å². The van der Waals surface area contributed by atoms with E-state index in [-0.39, 0.29) is 0 Å². The van der Waals surface area contributed by atoms with Crippen LogP contribution in [-0.4, -0.2) is 20.2 Å². The highest BCUT2D eigenvalue weighted by atomic mass is 32.2. The number of thiophene rings is 1. The zero-order chi connectivity index (χ0) is 18.8. The maximum absolute atomic E-state index is 5.32. The van der Waals surface area contributed by atoms with E-state index in [1.807, 2.05) is 30.3 Å². The van der Waals surface area contributed by atoms with Crippen LogP contribution in [0.25, 0.3) is 20.7 Å². The van der Waals surface area contributed by atoms with Gasteiger partial charge in [0.1, 0.15) is 21.9 Å². The lowest BCUT2D eigenvalue weighted by Crippen LogP contribution is -1.96. The molecule has 0 aliphatic rings. The highest BCUT2D eigenvalue weighted by Gasteiger charge is 2.14. The monoisotopic (exact) mass is 423 g/mol. The minimum atomic E-state index is 0.578. The first kappa shape index (κ1) is 17.4. The Morgan fingerprint density at radius 3 is 2.79 bits per heavy atom. The Morgan fingerprint density at radius 1 is 1.00 bits per heavy atom. The molecule has 1 aromatic carbocycles. The summed E-state index contributed by atoms with van der Waals surface area (Å²) < 4.78 is 6.15. The molecule has 0 saturated carbocycles. The van der Waals surface area contributed by atoms with E-state index >= 15 is 0 Å². The highest BCUT2D eigenvalue weighted by Crippen LogP contribution is 2.39. The molecule has 0 bridgehead atoms. The van der Waals surface area contributed by atoms with Gasteiger partial charge >= 0.3 is 0 Å². The normalized spacial score (nSPS) is 11.1. The number of hydrogen-bond acceptors (Lipinski definition) is 9. The van der Waals surface area contributed by atoms with E-state index in [2.05, 4.69) is 43.7 Å². The summed E-state index contributed by atoms with van der Waals surface area (Å²) in [6, 6.07) is 16.2. The Bertz CT molecular complexity index is 1200. The second-order valence-electron chi connectivity index (χ2n) is 5.78. The molecule has 5 aromatic rings. The quantitative estimate of drug-likeness (QED) is 0.358. The van der Waals surface area contributed by atoms with E-state index in [0.717, 1.165) is 30.5 Å². The molecule has 4 aromatic heterocycles. The molecule has 9 heteroatoms. The fourth-order valence-electron chi connectivity index (χ4n) is 2.64. The van der Waals surface area contributed by atoms with Crippen LogP contribution in [0.2, 0.25) is 0 Å². The molecule has 0 saturated heterocycles. The average molecular weight is 424 g/mol. The van der Waals surface area contributed by atoms with Crippen LogP contribution in [-0.2, 0) is 6.54 Å². The first-order chi connectivity index (χ1) is 13.8. The lowest BCUT2D eigenvalue weighted by atomic mass is 10.2. The number of benzene rings is 1. The van der Waals surface area contributed by atoms with Crippen molar-refractivity contribution in [3.05, 3.63) is 66.9 Å². The maximum atomic E-state index is 5.32. The Hall–Kier alpha value is -2.75. The van der Waals surface area contributed by atoms with E-state index in [9.17, 15) is 0 Å². The van der Waals surface area contributed by atoms with Gasteiger partial charge in [-0.25, -0.2) is 9.97 Å². The molecule has 28 heavy (non-hydrogen) atoms. The summed E-state index contributed by atoms with van der Waals surface area (Å²) in [6.07, 6.45) is 3.26. The Kier molecular flexibility index (Phi) is 4.78. The first-order valence-corrected chi connectivity index (χ1v) is 10.9. The molecule has 5 rings (SSSR count). The van der Waals surface area contributed by atoms with Crippen molar-refractivity contribution in [2.45, 2.75) is 15.9 Å². The number of hydrogen-bond donors (Lipinski definition) is 1. The third-order valence-corrected chi connectivity index (χ3v) is 6.98. The third kappa shape index (κ3) is 3.64. The van der Waals surface area contributed by atoms with E-state index in [4.69, 9.17) is 4.42 Å². The molecular formula is C19H13N5OS3. The molecule has 4 heterocycles. The summed E-state index contributed by atoms with van der Waals surface area (Å²) in [5, 5.41) is 14.4. The van der Waals surface area contributed by atoms with Crippen molar-refractivity contribution in [2.75, 3.05) is 5.32 Å². The Labute approximate surface area is 172 Å². The van der Waals surface area contributed by atoms with Gasteiger partial charge in [0, 0.05) is 10.3 Å². The second kappa shape index (κ2) is 7.70. The van der Waals surface area contributed by atoms with E-state index < -0.39 is 0 Å². The van der Waals surface area contributed by atoms with Gasteiger partial charge in [0.15, 0.2) is 4.34 Å². The van der Waals surface area contributed by atoms with Gasteiger partial charge in [0.05, 0.1) is 12.8 Å². The van der Waals surface area contributed by atoms with Gasteiger partial charge in [0.25, 0.3) is 0 Å². The topological polar surface area (TPSA) is 76.7 Å². The van der Waals surface area contributed by atoms with Gasteiger partial charge in [-0.15, -0.1) is 21.5 Å². The maximum Gasteiger partial charge on any atom is 0.206 e. The largest absolute Gasteiger partial charge is 0.467 e. The van der Waals surface area contributed by atoms with Crippen molar-refractivity contribution in [1.29, 1.82) is 0 Å². The highest BCUT2D eigenvalue weighted by molar-refractivity contribution is 8.01. The summed E-state index contributed by atoms with van der Waals surface area (Å²) >= 11 is 4.67. The van der Waals surface area contributed by atoms with E-state index in [0.29, 0.717) is 6.54 Å². The lowest BCUT2D eigenvalue weighted by molar-refractivity contribution is 0.518. The molecular weight excluding hydrogens is 410 g/mol. The van der Waals surface area contributed by atoms with Gasteiger partial charge in [-0.2, -0.15) is 0 Å². The number of nitrogens with one attached hydrogen (secondary N) is 1. The zero-order valence-corrected chi connectivity index (χ0v) is 16.9. The number of aromatic nitrogens is 4. The Morgan fingerprint density at radius 2 is 1.93 bits per heavy atom. The summed E-state index contributed by atoms with van der Waals surface area (Å²) in [6.45, 7) is 0.578. The molecule has 0 aliphatic carbocycles. The van der Waals surface area contributed by atoms with Gasteiger partial charge in [-0.3, -0.25) is 0 Å². The fourth-order valence-corrected chi connectivity index (χ4v) is 5.44. The van der Waals surface area contributed by atoms with E-state index in [1.165, 1.54) is 33.5 Å². The fraction of sp³-hybridized carbons (Fsp3) is 0.0526. The summed E-state index contributed by atoms with van der Waals surface area (Å²) in [5.41, 5.74) is 1.18. The van der Waals surface area contributed by atoms with Gasteiger partial charge < -0.3 is 9.73 Å². The van der Waals surface area contributed by atoms with Crippen LogP contribution in [0.3, 0.4) is 0 Å². The van der Waals surface area contributed by atoms with Crippen LogP contribution in [0.5, 0.6) is 0 Å². The van der Waals surface area contributed by atoms with Crippen LogP contribution in [0.15, 0.2) is 74.9 Å². The van der Waals surface area contributed by atoms with Gasteiger partial charge in [-0.1, -0.05) is 41.7 Å². The third-order valence-electron chi connectivity index (χ3n) is 3.94. The van der Waals surface area contributed by atoms with E-state index in [1.54, 1.807) is 23.9 Å². The van der Waals surface area contributed by atoms with Crippen molar-refractivity contribution in [3.8, 4) is 10.4 Å². The predicted molar refractivity (Wildman–Crippen MR) is 113 cm³/mol. The van der Waals surface area contributed by atoms with Crippen LogP contribution in [0, 0.1) is 0 Å². The van der Waals surface area contributed by atoms with Gasteiger partial charge in [-0.05, 0) is 35.5 Å². The molecule has 0 fully saturated rings. The summed E-state index contributed by atoms with van der Waals surface area (Å²) in [4.78, 5) is 11.0. The minimum Gasteiger partial charge on any atom is -0.467 e. The van der Waals surface area contributed by atoms with Crippen molar-refractivity contribution in [3.63, 3.8) is 0 Å². The van der Waals surface area contributed by atoms with Crippen molar-refractivity contribution < 1.29 is 4.42 Å². The molecule has 138 valence electrons. The SMILES string of the molecule is c1ccc(-c2cc3c(Sc4nnc(NCc5ccco5)s4)ncnc3s2)cc1. The molecule has 1 N–H and O–H groups in total. The molecule has 0 spiro atoms. The minimum absolute atomic E-state index is 0.578. The molecule has 0 unspecified atom stereocenters.